The van der Waals surface area contributed by atoms with Crippen molar-refractivity contribution >= 4 is 17.3 Å². The molecule has 2 atom stereocenters. The summed E-state index contributed by atoms with van der Waals surface area (Å²) >= 11 is 0. The maximum Gasteiger partial charge on any atom is 0.257 e. The maximum atomic E-state index is 10.3. The molecule has 0 saturated heterocycles. The number of aldehydes is 1. The Balaban J connectivity index is 3.89. The highest BCUT2D eigenvalue weighted by Gasteiger charge is 2.13. The Hall–Kier alpha value is -0.460. The summed E-state index contributed by atoms with van der Waals surface area (Å²) in [5, 5.41) is 8.56. The fourth-order valence-corrected chi connectivity index (χ4v) is 1.33. The van der Waals surface area contributed by atoms with Gasteiger partial charge in [0.25, 0.3) is 11.0 Å². The smallest absolute Gasteiger partial charge is 0.257 e. The van der Waals surface area contributed by atoms with Crippen molar-refractivity contribution in [2.45, 2.75) is 25.9 Å². The summed E-state index contributed by atoms with van der Waals surface area (Å²) in [7, 11) is -2.98. The van der Waals surface area contributed by atoms with Crippen LogP contribution in [0, 0.1) is 5.92 Å². The van der Waals surface area contributed by atoms with E-state index in [1.54, 1.807) is 0 Å². The van der Waals surface area contributed by atoms with Crippen LogP contribution in [0.5, 0.6) is 0 Å². The molecule has 78 valence electrons. The first kappa shape index (κ1) is 12.5. The van der Waals surface area contributed by atoms with Crippen LogP contribution in [0.1, 0.15) is 19.8 Å². The van der Waals surface area contributed by atoms with Gasteiger partial charge in [-0.15, -0.1) is 0 Å². The third-order valence-electron chi connectivity index (χ3n) is 1.63. The van der Waals surface area contributed by atoms with Crippen molar-refractivity contribution < 1.29 is 22.5 Å². The second kappa shape index (κ2) is 6.99. The number of thiol groups is 1. The minimum Gasteiger partial charge on any atom is -0.396 e. The molecular weight excluding hydrogens is 196 g/mol. The normalized spacial score (nSPS) is 15.6. The Kier molecular flexibility index (Phi) is 6.75. The van der Waals surface area contributed by atoms with E-state index in [-0.39, 0.29) is 12.5 Å². The van der Waals surface area contributed by atoms with Gasteiger partial charge in [0.1, 0.15) is 12.4 Å². The molecule has 0 aromatic rings. The molecule has 0 aromatic heterocycles. The van der Waals surface area contributed by atoms with Gasteiger partial charge in [-0.3, -0.25) is 4.18 Å². The monoisotopic (exact) mass is 210 g/mol. The van der Waals surface area contributed by atoms with Crippen molar-refractivity contribution in [3.8, 4) is 0 Å². The van der Waals surface area contributed by atoms with E-state index in [2.05, 4.69) is 4.18 Å². The molecule has 0 amide bonds. The molecule has 0 fully saturated rings. The fourth-order valence-electron chi connectivity index (χ4n) is 0.969. The lowest BCUT2D eigenvalue weighted by Crippen LogP contribution is -2.18. The van der Waals surface area contributed by atoms with Crippen molar-refractivity contribution in [1.29, 1.82) is 0 Å². The fraction of sp³-hybridized carbons (Fsp3) is 0.857. The minimum absolute atomic E-state index is 0.0241. The quantitative estimate of drug-likeness (QED) is 0.437. The van der Waals surface area contributed by atoms with Gasteiger partial charge < -0.3 is 9.90 Å². The summed E-state index contributed by atoms with van der Waals surface area (Å²) in [5.74, 6) is 0.0650. The highest BCUT2D eigenvalue weighted by Crippen LogP contribution is 2.11. The molecule has 1 N–H and O–H groups in total. The van der Waals surface area contributed by atoms with Gasteiger partial charge in [-0.05, 0) is 18.8 Å². The second-order valence-electron chi connectivity index (χ2n) is 2.86. The maximum absolute atomic E-state index is 10.3. The lowest BCUT2D eigenvalue weighted by molar-refractivity contribution is -0.114. The average molecular weight is 210 g/mol. The Morgan fingerprint density at radius 1 is 1.54 bits per heavy atom. The molecule has 0 aromatic carbocycles. The van der Waals surface area contributed by atoms with Gasteiger partial charge >= 0.3 is 0 Å². The molecule has 0 aliphatic carbocycles. The standard InChI is InChI=1S/C7H14O5S/c1-6(2-3-8)4-7(5-9)12-13(10)11/h5-8,13H,2-4H2,1H3. The summed E-state index contributed by atoms with van der Waals surface area (Å²) in [6.45, 7) is 1.84. The number of rotatable bonds is 7. The lowest BCUT2D eigenvalue weighted by Gasteiger charge is -2.12. The highest BCUT2D eigenvalue weighted by molar-refractivity contribution is 7.67. The zero-order chi connectivity index (χ0) is 10.3. The molecule has 0 aliphatic heterocycles. The third kappa shape index (κ3) is 6.68. The van der Waals surface area contributed by atoms with E-state index in [0.717, 1.165) is 0 Å². The van der Waals surface area contributed by atoms with Crippen LogP contribution >= 0.6 is 0 Å². The second-order valence-corrected chi connectivity index (χ2v) is 3.51. The SMILES string of the molecule is CC(CCO)CC(C=O)O[SH](=O)=O. The van der Waals surface area contributed by atoms with E-state index in [1.165, 1.54) is 0 Å². The zero-order valence-corrected chi connectivity index (χ0v) is 8.28. The van der Waals surface area contributed by atoms with Crippen molar-refractivity contribution in [2.75, 3.05) is 6.61 Å². The number of carbonyl (C=O) groups excluding carboxylic acids is 1. The molecule has 0 radical (unpaired) electrons. The number of hydrogen-bond acceptors (Lipinski definition) is 5. The van der Waals surface area contributed by atoms with Crippen molar-refractivity contribution in [1.82, 2.24) is 0 Å². The molecule has 2 unspecified atom stereocenters. The van der Waals surface area contributed by atoms with Gasteiger partial charge in [0.05, 0.1) is 0 Å². The molecule has 5 nitrogen and oxygen atoms in total. The molecule has 0 bridgehead atoms. The van der Waals surface area contributed by atoms with Crippen molar-refractivity contribution in [3.63, 3.8) is 0 Å². The van der Waals surface area contributed by atoms with E-state index in [0.29, 0.717) is 19.1 Å². The highest BCUT2D eigenvalue weighted by atomic mass is 32.2. The predicted molar refractivity (Wildman–Crippen MR) is 46.7 cm³/mol. The van der Waals surface area contributed by atoms with E-state index in [1.807, 2.05) is 6.92 Å². The molecule has 0 aliphatic rings. The summed E-state index contributed by atoms with van der Waals surface area (Å²) in [5.41, 5.74) is 0. The van der Waals surface area contributed by atoms with Crippen LogP contribution in [0.25, 0.3) is 0 Å². The number of aliphatic hydroxyl groups is 1. The Morgan fingerprint density at radius 3 is 2.54 bits per heavy atom. The molecule has 0 saturated carbocycles. The van der Waals surface area contributed by atoms with Crippen LogP contribution in [-0.4, -0.2) is 32.5 Å². The van der Waals surface area contributed by atoms with E-state index >= 15 is 0 Å². The summed E-state index contributed by atoms with van der Waals surface area (Å²) < 4.78 is 24.5. The van der Waals surface area contributed by atoms with Gasteiger partial charge in [0.15, 0.2) is 0 Å². The predicted octanol–water partition coefficient (Wildman–Crippen LogP) is -0.494. The number of hydrogen-bond donors (Lipinski definition) is 2. The Labute approximate surface area is 78.9 Å². The average Bonchev–Trinajstić information content (AvgIpc) is 2.02. The summed E-state index contributed by atoms with van der Waals surface area (Å²) in [6.07, 6.45) is 0.387. The summed E-state index contributed by atoms with van der Waals surface area (Å²) in [4.78, 5) is 10.3. The summed E-state index contributed by atoms with van der Waals surface area (Å²) in [6, 6.07) is 0. The van der Waals surface area contributed by atoms with Gasteiger partial charge in [-0.25, -0.2) is 8.42 Å². The van der Waals surface area contributed by atoms with Crippen molar-refractivity contribution in [3.05, 3.63) is 0 Å². The topological polar surface area (TPSA) is 80.7 Å². The van der Waals surface area contributed by atoms with Crippen LogP contribution in [0.3, 0.4) is 0 Å². The minimum atomic E-state index is -2.98. The van der Waals surface area contributed by atoms with Gasteiger partial charge in [-0.2, -0.15) is 0 Å². The lowest BCUT2D eigenvalue weighted by atomic mass is 10.0. The van der Waals surface area contributed by atoms with E-state index in [9.17, 15) is 13.2 Å². The van der Waals surface area contributed by atoms with Crippen LogP contribution < -0.4 is 0 Å². The van der Waals surface area contributed by atoms with Crippen molar-refractivity contribution in [2.24, 2.45) is 5.92 Å². The third-order valence-corrected chi connectivity index (χ3v) is 2.07. The van der Waals surface area contributed by atoms with E-state index in [4.69, 9.17) is 5.11 Å². The van der Waals surface area contributed by atoms with Gasteiger partial charge in [0.2, 0.25) is 0 Å². The van der Waals surface area contributed by atoms with Gasteiger partial charge in [-0.1, -0.05) is 6.92 Å². The Morgan fingerprint density at radius 2 is 2.15 bits per heavy atom. The number of aliphatic hydroxyl groups excluding tert-OH is 1. The largest absolute Gasteiger partial charge is 0.396 e. The zero-order valence-electron chi connectivity index (χ0n) is 7.38. The first-order chi connectivity index (χ1) is 6.10. The Bertz CT molecular complexity index is 205. The first-order valence-electron chi connectivity index (χ1n) is 3.97. The van der Waals surface area contributed by atoms with Gasteiger partial charge in [0, 0.05) is 6.61 Å². The first-order valence-corrected chi connectivity index (χ1v) is 5.07. The van der Waals surface area contributed by atoms with E-state index < -0.39 is 17.1 Å². The molecule has 13 heavy (non-hydrogen) atoms. The molecule has 0 rings (SSSR count). The van der Waals surface area contributed by atoms with Crippen LogP contribution in [0.15, 0.2) is 0 Å². The molecule has 0 heterocycles. The van der Waals surface area contributed by atoms with Crippen LogP contribution in [0.4, 0.5) is 0 Å². The van der Waals surface area contributed by atoms with Crippen LogP contribution in [-0.2, 0) is 20.0 Å². The molecular formula is C7H14O5S. The molecule has 6 heteroatoms. The number of carbonyl (C=O) groups is 1. The van der Waals surface area contributed by atoms with Crippen LogP contribution in [0.2, 0.25) is 0 Å². The molecule has 0 spiro atoms.